The Labute approximate surface area is 152 Å². The minimum Gasteiger partial charge on any atom is -0.337 e. The van der Waals surface area contributed by atoms with Gasteiger partial charge in [-0.2, -0.15) is 0 Å². The lowest BCUT2D eigenvalue weighted by Crippen LogP contribution is -2.32. The third-order valence-electron chi connectivity index (χ3n) is 4.44. The second kappa shape index (κ2) is 8.00. The highest BCUT2D eigenvalue weighted by atomic mass is 35.5. The average molecular weight is 367 g/mol. The van der Waals surface area contributed by atoms with Crippen LogP contribution < -0.4 is 0 Å². The third kappa shape index (κ3) is 4.71. The van der Waals surface area contributed by atoms with Gasteiger partial charge < -0.3 is 4.57 Å². The van der Waals surface area contributed by atoms with Crippen molar-refractivity contribution in [1.29, 1.82) is 0 Å². The zero-order valence-corrected chi connectivity index (χ0v) is 15.8. The fourth-order valence-electron chi connectivity index (χ4n) is 2.83. The summed E-state index contributed by atoms with van der Waals surface area (Å²) in [5.41, 5.74) is 1.38. The molecule has 0 N–H and O–H groups in total. The first-order valence-electron chi connectivity index (χ1n) is 8.17. The van der Waals surface area contributed by atoms with Crippen molar-refractivity contribution < 1.29 is 0 Å². The first kappa shape index (κ1) is 17.2. The molecule has 1 aliphatic rings. The highest BCUT2D eigenvalue weighted by Gasteiger charge is 2.36. The second-order valence-corrected chi connectivity index (χ2v) is 9.66. The van der Waals surface area contributed by atoms with E-state index in [1.54, 1.807) is 0 Å². The predicted molar refractivity (Wildman–Crippen MR) is 103 cm³/mol. The van der Waals surface area contributed by atoms with Crippen LogP contribution in [0.3, 0.4) is 0 Å². The van der Waals surface area contributed by atoms with Gasteiger partial charge in [0.25, 0.3) is 0 Å². The summed E-state index contributed by atoms with van der Waals surface area (Å²) in [6, 6.07) is 8.36. The van der Waals surface area contributed by atoms with E-state index in [4.69, 9.17) is 11.6 Å². The monoisotopic (exact) mass is 366 g/mol. The fourth-order valence-corrected chi connectivity index (χ4v) is 6.64. The van der Waals surface area contributed by atoms with Gasteiger partial charge in [-0.1, -0.05) is 37.1 Å². The molecule has 0 bridgehead atoms. The molecule has 0 unspecified atom stereocenters. The summed E-state index contributed by atoms with van der Waals surface area (Å²) < 4.78 is 2.46. The molecular formula is C18H23ClN2S2. The molecule has 0 radical (unpaired) electrons. The summed E-state index contributed by atoms with van der Waals surface area (Å²) in [4.78, 5) is 4.16. The van der Waals surface area contributed by atoms with Crippen LogP contribution in [0, 0.1) is 5.92 Å². The molecule has 5 heteroatoms. The van der Waals surface area contributed by atoms with Crippen LogP contribution in [0.25, 0.3) is 0 Å². The predicted octanol–water partition coefficient (Wildman–Crippen LogP) is 5.37. The van der Waals surface area contributed by atoms with Crippen molar-refractivity contribution in [2.75, 3.05) is 11.5 Å². The Morgan fingerprint density at radius 2 is 2.00 bits per heavy atom. The van der Waals surface area contributed by atoms with Crippen molar-refractivity contribution in [3.05, 3.63) is 53.6 Å². The fraction of sp³-hybridized carbons (Fsp3) is 0.500. The third-order valence-corrected chi connectivity index (χ3v) is 8.42. The van der Waals surface area contributed by atoms with Gasteiger partial charge >= 0.3 is 0 Å². The topological polar surface area (TPSA) is 17.8 Å². The summed E-state index contributed by atoms with van der Waals surface area (Å²) in [5.74, 6) is 3.42. The van der Waals surface area contributed by atoms with Crippen molar-refractivity contribution in [1.82, 2.24) is 9.55 Å². The molecule has 1 aromatic heterocycles. The summed E-state index contributed by atoms with van der Waals surface area (Å²) in [5, 5.41) is 0.816. The van der Waals surface area contributed by atoms with Gasteiger partial charge in [-0.3, -0.25) is 0 Å². The van der Waals surface area contributed by atoms with Gasteiger partial charge in [0.1, 0.15) is 0 Å². The maximum atomic E-state index is 6.04. The van der Waals surface area contributed by atoms with E-state index in [0.29, 0.717) is 0 Å². The van der Waals surface area contributed by atoms with Gasteiger partial charge in [-0.05, 0) is 48.0 Å². The number of nitrogens with zero attached hydrogens (tertiary/aromatic N) is 2. The van der Waals surface area contributed by atoms with E-state index in [1.807, 2.05) is 24.7 Å². The number of rotatable bonds is 6. The van der Waals surface area contributed by atoms with Gasteiger partial charge in [-0.25, -0.2) is 4.98 Å². The smallest absolute Gasteiger partial charge is 0.0945 e. The van der Waals surface area contributed by atoms with Gasteiger partial charge in [0.05, 0.1) is 10.4 Å². The first-order valence-corrected chi connectivity index (χ1v) is 10.5. The van der Waals surface area contributed by atoms with Crippen LogP contribution >= 0.6 is 35.1 Å². The van der Waals surface area contributed by atoms with Gasteiger partial charge in [0.2, 0.25) is 0 Å². The SMILES string of the molecule is CCC1CSC(CCn2ccnc2)(Cc2ccc(Cl)cc2)SC1. The molecule has 0 saturated carbocycles. The molecular weight excluding hydrogens is 344 g/mol. The minimum atomic E-state index is 0.268. The molecule has 2 heterocycles. The molecule has 0 amide bonds. The van der Waals surface area contributed by atoms with E-state index in [9.17, 15) is 0 Å². The number of benzene rings is 1. The van der Waals surface area contributed by atoms with Crippen LogP contribution in [0.2, 0.25) is 5.02 Å². The Morgan fingerprint density at radius 3 is 2.61 bits per heavy atom. The van der Waals surface area contributed by atoms with E-state index < -0.39 is 0 Å². The standard InChI is InChI=1S/C18H23ClN2S2/c1-2-15-12-22-18(23-13-15,7-9-21-10-8-20-14-21)11-16-3-5-17(19)6-4-16/h3-6,8,10,14-15H,2,7,9,11-13H2,1H3. The summed E-state index contributed by atoms with van der Waals surface area (Å²) in [7, 11) is 0. The van der Waals surface area contributed by atoms with Crippen LogP contribution in [-0.4, -0.2) is 25.1 Å². The van der Waals surface area contributed by atoms with E-state index in [-0.39, 0.29) is 4.08 Å². The number of hydrogen-bond donors (Lipinski definition) is 0. The van der Waals surface area contributed by atoms with Crippen molar-refractivity contribution in [3.63, 3.8) is 0 Å². The maximum Gasteiger partial charge on any atom is 0.0945 e. The Hall–Kier alpha value is -0.580. The van der Waals surface area contributed by atoms with Crippen LogP contribution in [0.15, 0.2) is 43.0 Å². The lowest BCUT2D eigenvalue weighted by Gasteiger charge is -2.39. The van der Waals surface area contributed by atoms with E-state index >= 15 is 0 Å². The summed E-state index contributed by atoms with van der Waals surface area (Å²) in [6.07, 6.45) is 9.40. The van der Waals surface area contributed by atoms with Crippen LogP contribution in [0.4, 0.5) is 0 Å². The maximum absolute atomic E-state index is 6.04. The van der Waals surface area contributed by atoms with Gasteiger partial charge in [0, 0.05) is 24.0 Å². The molecule has 23 heavy (non-hydrogen) atoms. The number of aromatic nitrogens is 2. The molecule has 124 valence electrons. The molecule has 0 spiro atoms. The normalized spacial score (nSPS) is 24.7. The lowest BCUT2D eigenvalue weighted by molar-refractivity contribution is 0.575. The van der Waals surface area contributed by atoms with Crippen LogP contribution in [0.5, 0.6) is 0 Å². The van der Waals surface area contributed by atoms with E-state index in [2.05, 4.69) is 58.3 Å². The Morgan fingerprint density at radius 1 is 1.26 bits per heavy atom. The molecule has 1 saturated heterocycles. The average Bonchev–Trinajstić information content (AvgIpc) is 3.10. The Bertz CT molecular complexity index is 590. The van der Waals surface area contributed by atoms with Crippen LogP contribution in [0.1, 0.15) is 25.3 Å². The molecule has 1 fully saturated rings. The lowest BCUT2D eigenvalue weighted by atomic mass is 10.1. The van der Waals surface area contributed by atoms with E-state index in [0.717, 1.165) is 30.3 Å². The number of imidazole rings is 1. The highest BCUT2D eigenvalue weighted by molar-refractivity contribution is 8.18. The molecule has 3 rings (SSSR count). The van der Waals surface area contributed by atoms with Crippen molar-refractivity contribution in [3.8, 4) is 0 Å². The molecule has 1 aliphatic heterocycles. The zero-order valence-electron chi connectivity index (χ0n) is 13.5. The molecule has 1 aromatic carbocycles. The van der Waals surface area contributed by atoms with E-state index in [1.165, 1.54) is 23.5 Å². The second-order valence-electron chi connectivity index (χ2n) is 6.16. The molecule has 2 nitrogen and oxygen atoms in total. The Kier molecular flexibility index (Phi) is 6.00. The number of hydrogen-bond acceptors (Lipinski definition) is 3. The largest absolute Gasteiger partial charge is 0.337 e. The first-order chi connectivity index (χ1) is 11.2. The summed E-state index contributed by atoms with van der Waals surface area (Å²) in [6.45, 7) is 3.34. The van der Waals surface area contributed by atoms with Gasteiger partial charge in [0.15, 0.2) is 0 Å². The summed E-state index contributed by atoms with van der Waals surface area (Å²) >= 11 is 10.4. The van der Waals surface area contributed by atoms with Crippen molar-refractivity contribution in [2.45, 2.75) is 36.8 Å². The van der Waals surface area contributed by atoms with Crippen LogP contribution in [-0.2, 0) is 13.0 Å². The Balaban J connectivity index is 1.71. The molecule has 2 aromatic rings. The minimum absolute atomic E-state index is 0.268. The number of aryl methyl sites for hydroxylation is 1. The quantitative estimate of drug-likeness (QED) is 0.684. The van der Waals surface area contributed by atoms with Crippen molar-refractivity contribution in [2.24, 2.45) is 5.92 Å². The molecule has 0 aliphatic carbocycles. The van der Waals surface area contributed by atoms with Gasteiger partial charge in [-0.15, -0.1) is 23.5 Å². The number of thioether (sulfide) groups is 2. The molecule has 0 atom stereocenters. The highest BCUT2D eigenvalue weighted by Crippen LogP contribution is 2.49. The zero-order chi connectivity index (χ0) is 16.1. The number of halogens is 1. The van der Waals surface area contributed by atoms with Crippen molar-refractivity contribution >= 4 is 35.1 Å².